The summed E-state index contributed by atoms with van der Waals surface area (Å²) in [5.74, 6) is -0.231. The third kappa shape index (κ3) is 1.86. The van der Waals surface area contributed by atoms with Crippen molar-refractivity contribution in [3.8, 4) is 0 Å². The van der Waals surface area contributed by atoms with Gasteiger partial charge in [0, 0.05) is 17.0 Å². The van der Waals surface area contributed by atoms with E-state index in [1.54, 1.807) is 12.5 Å². The molecule has 2 aliphatic heterocycles. The van der Waals surface area contributed by atoms with Crippen molar-refractivity contribution in [1.82, 2.24) is 9.97 Å². The van der Waals surface area contributed by atoms with E-state index in [9.17, 15) is 4.79 Å². The van der Waals surface area contributed by atoms with Crippen LogP contribution in [0.15, 0.2) is 52.5 Å². The average molecular weight is 299 g/mol. The Kier molecular flexibility index (Phi) is 3.07. The van der Waals surface area contributed by atoms with Crippen LogP contribution in [-0.2, 0) is 4.79 Å². The summed E-state index contributed by atoms with van der Waals surface area (Å²) in [5, 5.41) is 1.65. The Morgan fingerprint density at radius 2 is 1.90 bits per heavy atom. The number of imidazole rings is 1. The second-order valence-corrected chi connectivity index (χ2v) is 4.68. The number of rotatable bonds is 1. The first-order valence-corrected chi connectivity index (χ1v) is 6.27. The molecule has 104 valence electrons. The highest BCUT2D eigenvalue weighted by atomic mass is 35.5. The third-order valence-corrected chi connectivity index (χ3v) is 3.48. The van der Waals surface area contributed by atoms with Gasteiger partial charge in [-0.05, 0) is 13.0 Å². The van der Waals surface area contributed by atoms with Crippen molar-refractivity contribution in [2.75, 3.05) is 0 Å². The van der Waals surface area contributed by atoms with Gasteiger partial charge in [-0.1, -0.05) is 18.2 Å². The van der Waals surface area contributed by atoms with Gasteiger partial charge in [-0.25, -0.2) is 15.0 Å². The average Bonchev–Trinajstić information content (AvgIpc) is 3.05. The lowest BCUT2D eigenvalue weighted by Gasteiger charge is -2.14. The Hall–Kier alpha value is -2.53. The number of fused-ring (bicyclic) bond motifs is 2. The Balaban J connectivity index is 0.00000132. The minimum Gasteiger partial charge on any atom is -0.351 e. The molecule has 5 nitrogen and oxygen atoms in total. The van der Waals surface area contributed by atoms with Crippen molar-refractivity contribution in [3.05, 3.63) is 58.8 Å². The van der Waals surface area contributed by atoms with E-state index in [1.807, 2.05) is 31.2 Å². The number of aliphatic imine (C=N–C) groups is 1. The molecule has 0 atom stereocenters. The predicted molar refractivity (Wildman–Crippen MR) is 81.5 cm³/mol. The van der Waals surface area contributed by atoms with E-state index in [-0.39, 0.29) is 18.3 Å². The van der Waals surface area contributed by atoms with Gasteiger partial charge in [0.25, 0.3) is 5.91 Å². The molecule has 1 N–H and O–H groups in total. The number of halogens is 1. The van der Waals surface area contributed by atoms with Crippen LogP contribution in [0, 0.1) is 0 Å². The summed E-state index contributed by atoms with van der Waals surface area (Å²) in [5.41, 5.74) is 3.47. The molecule has 0 spiro atoms. The molecule has 1 aromatic heterocycles. The van der Waals surface area contributed by atoms with E-state index in [0.29, 0.717) is 17.0 Å². The van der Waals surface area contributed by atoms with Crippen molar-refractivity contribution < 1.29 is 4.79 Å². The zero-order valence-electron chi connectivity index (χ0n) is 11.1. The van der Waals surface area contributed by atoms with E-state index in [0.717, 1.165) is 21.8 Å². The van der Waals surface area contributed by atoms with Crippen LogP contribution in [0.4, 0.5) is 0 Å². The molecular formula is C15H11ClN4O. The molecule has 3 heterocycles. The zero-order chi connectivity index (χ0) is 13.7. The fourth-order valence-corrected chi connectivity index (χ4v) is 2.62. The number of para-hydroxylation sites is 1. The molecule has 0 unspecified atom stereocenters. The third-order valence-electron chi connectivity index (χ3n) is 3.48. The number of H-pyrrole nitrogens is 1. The summed E-state index contributed by atoms with van der Waals surface area (Å²) in [6.07, 6.45) is 3.39. The Morgan fingerprint density at radius 1 is 1.10 bits per heavy atom. The number of hydrogen-bond donors (Lipinski definition) is 1. The van der Waals surface area contributed by atoms with Gasteiger partial charge in [-0.3, -0.25) is 4.79 Å². The van der Waals surface area contributed by atoms with Crippen LogP contribution in [0.3, 0.4) is 0 Å². The number of nitrogens with one attached hydrogen (secondary N) is 1. The number of amides is 1. The van der Waals surface area contributed by atoms with Crippen LogP contribution in [-0.4, -0.2) is 21.6 Å². The van der Waals surface area contributed by atoms with Crippen LogP contribution in [0.25, 0.3) is 11.1 Å². The van der Waals surface area contributed by atoms with Gasteiger partial charge in [0.1, 0.15) is 0 Å². The number of carbonyl (C=O) groups excluding carboxylic acids is 1. The number of nitrogens with zero attached hydrogens (tertiary/aromatic N) is 3. The molecule has 0 saturated heterocycles. The molecule has 6 heteroatoms. The van der Waals surface area contributed by atoms with Crippen molar-refractivity contribution in [2.45, 2.75) is 6.92 Å². The fraction of sp³-hybridized carbons (Fsp3) is 0.0667. The van der Waals surface area contributed by atoms with Crippen molar-refractivity contribution in [3.63, 3.8) is 0 Å². The van der Waals surface area contributed by atoms with E-state index in [4.69, 9.17) is 0 Å². The smallest absolute Gasteiger partial charge is 0.280 e. The molecule has 0 fully saturated rings. The first kappa shape index (κ1) is 13.5. The van der Waals surface area contributed by atoms with Crippen LogP contribution < -0.4 is 10.6 Å². The van der Waals surface area contributed by atoms with E-state index < -0.39 is 0 Å². The SMILES string of the molecule is CC1=NC(=O)C2=c3ccccc3=NC2=C1c1c[nH]cn1.Cl. The number of hydrogen-bond acceptors (Lipinski definition) is 3. The van der Waals surface area contributed by atoms with Crippen molar-refractivity contribution >= 4 is 35.2 Å². The first-order chi connectivity index (χ1) is 9.75. The molecule has 2 aliphatic rings. The maximum Gasteiger partial charge on any atom is 0.280 e. The minimum absolute atomic E-state index is 0. The molecule has 1 amide bonds. The second-order valence-electron chi connectivity index (χ2n) is 4.68. The second kappa shape index (κ2) is 4.79. The summed E-state index contributed by atoms with van der Waals surface area (Å²) < 4.78 is 0. The summed E-state index contributed by atoms with van der Waals surface area (Å²) in [4.78, 5) is 28.1. The van der Waals surface area contributed by atoms with Crippen molar-refractivity contribution in [2.24, 2.45) is 9.98 Å². The first-order valence-electron chi connectivity index (χ1n) is 6.27. The standard InChI is InChI=1S/C15H10N4O.ClH/c1-8-12(11-6-16-7-17-11)14-13(15(20)18-8)9-4-2-3-5-10(9)19-14;/h2-7H,1H3,(H,16,17);1H. The number of aromatic nitrogens is 2. The molecule has 4 rings (SSSR count). The van der Waals surface area contributed by atoms with Crippen molar-refractivity contribution in [1.29, 1.82) is 0 Å². The Morgan fingerprint density at radius 3 is 2.67 bits per heavy atom. The highest BCUT2D eigenvalue weighted by Crippen LogP contribution is 2.30. The number of allylic oxidation sites excluding steroid dienone is 1. The Bertz CT molecular complexity index is 923. The molecule has 0 aliphatic carbocycles. The summed E-state index contributed by atoms with van der Waals surface area (Å²) in [6, 6.07) is 7.61. The normalized spacial score (nSPS) is 16.0. The molecule has 0 saturated carbocycles. The van der Waals surface area contributed by atoms with Gasteiger partial charge in [-0.15, -0.1) is 12.4 Å². The number of carbonyl (C=O) groups is 1. The molecular weight excluding hydrogens is 288 g/mol. The summed E-state index contributed by atoms with van der Waals surface area (Å²) in [6.45, 7) is 1.81. The van der Waals surface area contributed by atoms with Gasteiger partial charge in [0.15, 0.2) is 0 Å². The lowest BCUT2D eigenvalue weighted by Crippen LogP contribution is -2.25. The molecule has 0 radical (unpaired) electrons. The molecule has 21 heavy (non-hydrogen) atoms. The molecule has 0 bridgehead atoms. The monoisotopic (exact) mass is 298 g/mol. The predicted octanol–water partition coefficient (Wildman–Crippen LogP) is 1.03. The maximum absolute atomic E-state index is 12.2. The van der Waals surface area contributed by atoms with Gasteiger partial charge >= 0.3 is 0 Å². The zero-order valence-corrected chi connectivity index (χ0v) is 11.9. The summed E-state index contributed by atoms with van der Waals surface area (Å²) >= 11 is 0. The van der Waals surface area contributed by atoms with Crippen LogP contribution >= 0.6 is 12.4 Å². The van der Waals surface area contributed by atoms with E-state index in [2.05, 4.69) is 20.0 Å². The summed E-state index contributed by atoms with van der Waals surface area (Å²) in [7, 11) is 0. The van der Waals surface area contributed by atoms with Crippen LogP contribution in [0.5, 0.6) is 0 Å². The van der Waals surface area contributed by atoms with Gasteiger partial charge < -0.3 is 4.98 Å². The number of aromatic amines is 1. The van der Waals surface area contributed by atoms with Gasteiger partial charge in [-0.2, -0.15) is 0 Å². The van der Waals surface area contributed by atoms with E-state index >= 15 is 0 Å². The molecule has 2 aromatic rings. The van der Waals surface area contributed by atoms with Gasteiger partial charge in [0.2, 0.25) is 0 Å². The topological polar surface area (TPSA) is 70.5 Å². The minimum atomic E-state index is -0.231. The highest BCUT2D eigenvalue weighted by molar-refractivity contribution is 6.38. The Labute approximate surface area is 126 Å². The lowest BCUT2D eigenvalue weighted by atomic mass is 9.97. The van der Waals surface area contributed by atoms with Crippen LogP contribution in [0.1, 0.15) is 12.6 Å². The largest absolute Gasteiger partial charge is 0.351 e. The number of benzene rings is 1. The quantitative estimate of drug-likeness (QED) is 0.854. The highest BCUT2D eigenvalue weighted by Gasteiger charge is 2.30. The lowest BCUT2D eigenvalue weighted by molar-refractivity contribution is -0.112. The van der Waals surface area contributed by atoms with Gasteiger partial charge in [0.05, 0.1) is 34.4 Å². The maximum atomic E-state index is 12.2. The molecule has 1 aromatic carbocycles. The van der Waals surface area contributed by atoms with E-state index in [1.165, 1.54) is 0 Å². The fourth-order valence-electron chi connectivity index (χ4n) is 2.62. The van der Waals surface area contributed by atoms with Crippen LogP contribution in [0.2, 0.25) is 0 Å². The number of dihydropyridines is 1.